The van der Waals surface area contributed by atoms with E-state index in [0.717, 1.165) is 5.52 Å². The molecule has 1 aromatic heterocycles. The molecule has 6 heteroatoms. The molecule has 1 unspecified atom stereocenters. The topological polar surface area (TPSA) is 44.0 Å². The quantitative estimate of drug-likeness (QED) is 0.806. The molecule has 0 aliphatic rings. The highest BCUT2D eigenvalue weighted by atomic mass is 35.5. The molecule has 1 atom stereocenters. The summed E-state index contributed by atoms with van der Waals surface area (Å²) in [4.78, 5) is 12.1. The third-order valence-electron chi connectivity index (χ3n) is 2.66. The van der Waals surface area contributed by atoms with Crippen LogP contribution in [-0.4, -0.2) is 14.5 Å². The van der Waals surface area contributed by atoms with E-state index in [4.69, 9.17) is 11.6 Å². The average Bonchev–Trinajstić information content (AvgIpc) is 2.35. The number of nitrogens with zero attached hydrogens (tertiary/aromatic N) is 2. The maximum absolute atomic E-state index is 12.2. The second-order valence-electron chi connectivity index (χ2n) is 3.60. The van der Waals surface area contributed by atoms with E-state index in [-0.39, 0.29) is 11.4 Å². The molecule has 2 rings (SSSR count). The number of hydrogen-bond acceptors (Lipinski definition) is 2. The van der Waals surface area contributed by atoms with E-state index in [0.29, 0.717) is 18.5 Å². The van der Waals surface area contributed by atoms with Crippen molar-refractivity contribution in [3.63, 3.8) is 0 Å². The standard InChI is InChI=1S/C11H13ClN2O2P/c1-2-13-10-6-4-3-5-9(10)11(15)14(8-7-12)17(13)16/h3-6H,2,7-8H2,1H3/q+1. The highest BCUT2D eigenvalue weighted by Gasteiger charge is 2.20. The third kappa shape index (κ3) is 2.03. The molecule has 1 aromatic carbocycles. The minimum absolute atomic E-state index is 0.202. The normalized spacial score (nSPS) is 12.0. The van der Waals surface area contributed by atoms with Gasteiger partial charge in [-0.05, 0) is 23.6 Å². The third-order valence-corrected chi connectivity index (χ3v) is 4.53. The summed E-state index contributed by atoms with van der Waals surface area (Å²) in [6, 6.07) is 7.23. The first kappa shape index (κ1) is 12.3. The Hall–Kier alpha value is -1.12. The largest absolute Gasteiger partial charge is 0.598 e. The molecular weight excluding hydrogens is 259 g/mol. The number of fused-ring (bicyclic) bond motifs is 1. The summed E-state index contributed by atoms with van der Waals surface area (Å²) in [6.07, 6.45) is 0. The molecule has 17 heavy (non-hydrogen) atoms. The molecule has 90 valence electrons. The summed E-state index contributed by atoms with van der Waals surface area (Å²) in [7, 11) is -1.87. The van der Waals surface area contributed by atoms with Crippen molar-refractivity contribution in [1.29, 1.82) is 0 Å². The highest BCUT2D eigenvalue weighted by Crippen LogP contribution is 2.20. The Morgan fingerprint density at radius 1 is 1.29 bits per heavy atom. The van der Waals surface area contributed by atoms with Gasteiger partial charge in [0.25, 0.3) is 5.56 Å². The predicted molar refractivity (Wildman–Crippen MR) is 70.2 cm³/mol. The Labute approximate surface area is 104 Å². The number of para-hydroxylation sites is 1. The van der Waals surface area contributed by atoms with E-state index < -0.39 is 7.73 Å². The van der Waals surface area contributed by atoms with Crippen molar-refractivity contribution in [2.24, 2.45) is 0 Å². The Morgan fingerprint density at radius 3 is 2.65 bits per heavy atom. The van der Waals surface area contributed by atoms with Crippen molar-refractivity contribution in [2.45, 2.75) is 20.0 Å². The SMILES string of the molecule is CCn1c2ccccc2c(=O)n(CCCl)[p+]1=O. The van der Waals surface area contributed by atoms with Gasteiger partial charge in [0.05, 0.1) is 24.0 Å². The zero-order valence-corrected chi connectivity index (χ0v) is 11.1. The van der Waals surface area contributed by atoms with Gasteiger partial charge in [0.15, 0.2) is 0 Å². The zero-order valence-electron chi connectivity index (χ0n) is 9.47. The van der Waals surface area contributed by atoms with Gasteiger partial charge in [0.2, 0.25) is 0 Å². The zero-order chi connectivity index (χ0) is 12.4. The maximum atomic E-state index is 12.2. The van der Waals surface area contributed by atoms with E-state index in [1.807, 2.05) is 25.1 Å². The van der Waals surface area contributed by atoms with Crippen molar-refractivity contribution in [1.82, 2.24) is 8.66 Å². The summed E-state index contributed by atoms with van der Waals surface area (Å²) in [5.74, 6) is 0.284. The Kier molecular flexibility index (Phi) is 3.65. The number of aryl methyl sites for hydroxylation is 1. The van der Waals surface area contributed by atoms with Crippen LogP contribution in [0.4, 0.5) is 0 Å². The van der Waals surface area contributed by atoms with Crippen LogP contribution in [0.3, 0.4) is 0 Å². The smallest absolute Gasteiger partial charge is 0.265 e. The molecule has 0 N–H and O–H groups in total. The lowest BCUT2D eigenvalue weighted by Gasteiger charge is -2.02. The summed E-state index contributed by atoms with van der Waals surface area (Å²) in [5, 5.41) is 0.592. The first-order valence-electron chi connectivity index (χ1n) is 5.42. The van der Waals surface area contributed by atoms with Gasteiger partial charge in [-0.1, -0.05) is 12.1 Å². The molecule has 2 aromatic rings. The lowest BCUT2D eigenvalue weighted by atomic mass is 10.2. The fraction of sp³-hybridized carbons (Fsp3) is 0.364. The molecule has 0 fully saturated rings. The first-order valence-corrected chi connectivity index (χ1v) is 7.12. The molecule has 1 heterocycles. The van der Waals surface area contributed by atoms with E-state index in [1.165, 1.54) is 4.33 Å². The molecule has 0 saturated carbocycles. The van der Waals surface area contributed by atoms with Gasteiger partial charge in [-0.25, -0.2) is 0 Å². The van der Waals surface area contributed by atoms with Crippen molar-refractivity contribution in [3.8, 4) is 0 Å². The summed E-state index contributed by atoms with van der Waals surface area (Å²) < 4.78 is 15.3. The second-order valence-corrected chi connectivity index (χ2v) is 5.45. The number of benzene rings is 1. The summed E-state index contributed by atoms with van der Waals surface area (Å²) >= 11 is 5.64. The molecule has 0 amide bonds. The molecule has 4 nitrogen and oxygen atoms in total. The molecule has 0 aliphatic carbocycles. The lowest BCUT2D eigenvalue weighted by Crippen LogP contribution is -2.21. The van der Waals surface area contributed by atoms with Crippen LogP contribution in [0, 0.1) is 0 Å². The lowest BCUT2D eigenvalue weighted by molar-refractivity contribution is 0.570. The predicted octanol–water partition coefficient (Wildman–Crippen LogP) is 2.80. The van der Waals surface area contributed by atoms with Crippen molar-refractivity contribution >= 4 is 30.2 Å². The molecule has 0 aliphatic heterocycles. The number of alkyl halides is 1. The van der Waals surface area contributed by atoms with Gasteiger partial charge in [-0.15, -0.1) is 20.3 Å². The minimum atomic E-state index is -1.87. The van der Waals surface area contributed by atoms with Crippen LogP contribution in [0.1, 0.15) is 6.92 Å². The van der Waals surface area contributed by atoms with Gasteiger partial charge < -0.3 is 0 Å². The van der Waals surface area contributed by atoms with Crippen LogP contribution < -0.4 is 5.56 Å². The van der Waals surface area contributed by atoms with E-state index in [2.05, 4.69) is 0 Å². The van der Waals surface area contributed by atoms with Crippen LogP contribution >= 0.6 is 19.3 Å². The minimum Gasteiger partial charge on any atom is -0.265 e. The Morgan fingerprint density at radius 2 is 2.00 bits per heavy atom. The van der Waals surface area contributed by atoms with Crippen molar-refractivity contribution in [3.05, 3.63) is 34.6 Å². The molecule has 0 radical (unpaired) electrons. The molecule has 0 bridgehead atoms. The molecule has 0 spiro atoms. The van der Waals surface area contributed by atoms with Gasteiger partial charge in [0.1, 0.15) is 0 Å². The maximum Gasteiger partial charge on any atom is 0.598 e. The van der Waals surface area contributed by atoms with Crippen molar-refractivity contribution < 1.29 is 4.57 Å². The second kappa shape index (κ2) is 5.03. The van der Waals surface area contributed by atoms with Gasteiger partial charge >= 0.3 is 7.73 Å². The fourth-order valence-corrected chi connectivity index (χ4v) is 3.56. The number of halogens is 1. The Balaban J connectivity index is 2.95. The van der Waals surface area contributed by atoms with Gasteiger partial charge in [-0.2, -0.15) is 0 Å². The first-order chi connectivity index (χ1) is 8.20. The van der Waals surface area contributed by atoms with Gasteiger partial charge in [0, 0.05) is 5.88 Å². The van der Waals surface area contributed by atoms with E-state index >= 15 is 0 Å². The number of aromatic nitrogens is 2. The summed E-state index contributed by atoms with van der Waals surface area (Å²) in [5.41, 5.74) is 0.541. The van der Waals surface area contributed by atoms with Gasteiger partial charge in [-0.3, -0.25) is 4.79 Å². The number of hydrogen-bond donors (Lipinski definition) is 0. The fourth-order valence-electron chi connectivity index (χ4n) is 1.88. The van der Waals surface area contributed by atoms with Crippen LogP contribution in [0.15, 0.2) is 29.1 Å². The van der Waals surface area contributed by atoms with Crippen molar-refractivity contribution in [2.75, 3.05) is 5.88 Å². The highest BCUT2D eigenvalue weighted by molar-refractivity contribution is 7.29. The molecular formula is C11H13ClN2O2P+. The average molecular weight is 272 g/mol. The monoisotopic (exact) mass is 271 g/mol. The van der Waals surface area contributed by atoms with E-state index in [1.54, 1.807) is 10.4 Å². The molecule has 0 saturated heterocycles. The number of rotatable bonds is 3. The van der Waals surface area contributed by atoms with Crippen LogP contribution in [-0.2, 0) is 17.7 Å². The van der Waals surface area contributed by atoms with Crippen LogP contribution in [0.5, 0.6) is 0 Å². The van der Waals surface area contributed by atoms with Crippen LogP contribution in [0.2, 0.25) is 0 Å². The summed E-state index contributed by atoms with van der Waals surface area (Å²) in [6.45, 7) is 2.82. The Bertz CT molecular complexity index is 663. The van der Waals surface area contributed by atoms with E-state index in [9.17, 15) is 9.36 Å². The van der Waals surface area contributed by atoms with Crippen LogP contribution in [0.25, 0.3) is 10.9 Å².